The van der Waals surface area contributed by atoms with Crippen LogP contribution < -0.4 is 0 Å². The van der Waals surface area contributed by atoms with E-state index < -0.39 is 0 Å². The minimum atomic E-state index is 0.0768. The Labute approximate surface area is 171 Å². The van der Waals surface area contributed by atoms with Crippen molar-refractivity contribution >= 4 is 17.0 Å². The van der Waals surface area contributed by atoms with E-state index in [1.807, 2.05) is 42.5 Å². The van der Waals surface area contributed by atoms with Gasteiger partial charge in [-0.05, 0) is 29.7 Å². The highest BCUT2D eigenvalue weighted by atomic mass is 16.5. The average molecular weight is 385 g/mol. The number of nitriles is 1. The van der Waals surface area contributed by atoms with Gasteiger partial charge in [-0.3, -0.25) is 0 Å². The van der Waals surface area contributed by atoms with Crippen molar-refractivity contribution in [3.8, 4) is 17.3 Å². The Morgan fingerprint density at radius 1 is 1.10 bits per heavy atom. The molecule has 0 spiro atoms. The second-order valence-electron chi connectivity index (χ2n) is 6.51. The van der Waals surface area contributed by atoms with Crippen LogP contribution in [0.4, 0.5) is 0 Å². The number of aryl methyl sites for hydroxylation is 1. The van der Waals surface area contributed by atoms with Gasteiger partial charge in [0.25, 0.3) is 5.70 Å². The van der Waals surface area contributed by atoms with E-state index in [1.165, 1.54) is 0 Å². The zero-order valence-corrected chi connectivity index (χ0v) is 16.5. The molecule has 0 bridgehead atoms. The Morgan fingerprint density at radius 2 is 1.86 bits per heavy atom. The van der Waals surface area contributed by atoms with Crippen molar-refractivity contribution in [2.75, 3.05) is 26.9 Å². The summed E-state index contributed by atoms with van der Waals surface area (Å²) < 4.78 is 12.9. The molecule has 5 heteroatoms. The van der Waals surface area contributed by atoms with Crippen LogP contribution in [0.25, 0.3) is 33.1 Å². The summed E-state index contributed by atoms with van der Waals surface area (Å²) >= 11 is 0. The van der Waals surface area contributed by atoms with Gasteiger partial charge in [0.05, 0.1) is 31.5 Å². The largest absolute Gasteiger partial charge is 0.382 e. The summed E-state index contributed by atoms with van der Waals surface area (Å²) in [6.45, 7) is 9.87. The van der Waals surface area contributed by atoms with Crippen LogP contribution in [-0.4, -0.2) is 31.5 Å². The molecule has 0 unspecified atom stereocenters. The molecule has 1 aromatic heterocycles. The van der Waals surface area contributed by atoms with Gasteiger partial charge in [0, 0.05) is 31.2 Å². The summed E-state index contributed by atoms with van der Waals surface area (Å²) in [4.78, 5) is 3.37. The van der Waals surface area contributed by atoms with Gasteiger partial charge in [-0.15, -0.1) is 0 Å². The number of ether oxygens (including phenoxy) is 2. The highest BCUT2D eigenvalue weighted by Gasteiger charge is 2.17. The molecule has 0 saturated carbocycles. The number of nitrogens with zero attached hydrogens (tertiary/aromatic N) is 3. The highest BCUT2D eigenvalue weighted by Crippen LogP contribution is 2.35. The fourth-order valence-electron chi connectivity index (χ4n) is 3.41. The van der Waals surface area contributed by atoms with Crippen LogP contribution in [-0.2, 0) is 16.0 Å². The lowest BCUT2D eigenvalue weighted by Crippen LogP contribution is -2.07. The maximum atomic E-state index is 9.31. The van der Waals surface area contributed by atoms with Crippen molar-refractivity contribution in [1.29, 1.82) is 5.26 Å². The number of hydrogen-bond donors (Lipinski definition) is 0. The predicted molar refractivity (Wildman–Crippen MR) is 115 cm³/mol. The van der Waals surface area contributed by atoms with E-state index >= 15 is 0 Å². The van der Waals surface area contributed by atoms with Crippen molar-refractivity contribution in [1.82, 2.24) is 4.57 Å². The highest BCUT2D eigenvalue weighted by molar-refractivity contribution is 5.98. The van der Waals surface area contributed by atoms with Crippen LogP contribution in [0.5, 0.6) is 0 Å². The first-order valence-corrected chi connectivity index (χ1v) is 9.52. The molecule has 0 aliphatic carbocycles. The average Bonchev–Trinajstić information content (AvgIpc) is 3.08. The molecule has 0 aliphatic rings. The Bertz CT molecular complexity index is 1050. The molecular formula is C24H23N3O2. The Balaban J connectivity index is 2.08. The van der Waals surface area contributed by atoms with E-state index in [-0.39, 0.29) is 5.70 Å². The molecule has 146 valence electrons. The number of rotatable bonds is 9. The molecule has 5 nitrogen and oxygen atoms in total. The number of para-hydroxylation sites is 1. The minimum Gasteiger partial charge on any atom is -0.382 e. The third-order valence-electron chi connectivity index (χ3n) is 4.68. The van der Waals surface area contributed by atoms with Crippen molar-refractivity contribution in [2.45, 2.75) is 13.0 Å². The van der Waals surface area contributed by atoms with E-state index in [0.717, 1.165) is 40.7 Å². The molecule has 0 aliphatic heterocycles. The maximum Gasteiger partial charge on any atom is 0.262 e. The van der Waals surface area contributed by atoms with Gasteiger partial charge >= 0.3 is 0 Å². The summed E-state index contributed by atoms with van der Waals surface area (Å²) in [7, 11) is 1.66. The molecule has 1 heterocycles. The topological polar surface area (TPSA) is 51.5 Å². The minimum absolute atomic E-state index is 0.0768. The van der Waals surface area contributed by atoms with Crippen LogP contribution >= 0.6 is 0 Å². The van der Waals surface area contributed by atoms with Crippen LogP contribution in [0.3, 0.4) is 0 Å². The second kappa shape index (κ2) is 10.2. The monoisotopic (exact) mass is 385 g/mol. The third kappa shape index (κ3) is 4.73. The normalized spacial score (nSPS) is 11.3. The summed E-state index contributed by atoms with van der Waals surface area (Å²) in [5.41, 5.74) is 4.13. The quantitative estimate of drug-likeness (QED) is 0.291. The molecule has 0 saturated heterocycles. The van der Waals surface area contributed by atoms with Gasteiger partial charge in [0.1, 0.15) is 0 Å². The lowest BCUT2D eigenvalue weighted by molar-refractivity contribution is 0.0682. The first-order chi connectivity index (χ1) is 14.3. The molecule has 0 radical (unpaired) electrons. The van der Waals surface area contributed by atoms with E-state index in [4.69, 9.17) is 16.0 Å². The van der Waals surface area contributed by atoms with E-state index in [1.54, 1.807) is 13.2 Å². The van der Waals surface area contributed by atoms with Gasteiger partial charge in [-0.1, -0.05) is 48.5 Å². The SMILES string of the molecule is [C-]#[N+]/C(C#N)=C\c1c(-c2ccccc2)n(CCCOCCOC)c2ccccc12. The standard InChI is InChI=1S/C24H23N3O2/c1-26-20(18-25)17-22-21-11-6-7-12-23(21)27(13-8-14-29-16-15-28-2)24(22)19-9-4-3-5-10-19/h3-7,9-12,17H,8,13-16H2,2H3/b20-17-. The lowest BCUT2D eigenvalue weighted by atomic mass is 10.0. The first-order valence-electron chi connectivity index (χ1n) is 9.52. The molecule has 0 atom stereocenters. The molecule has 29 heavy (non-hydrogen) atoms. The van der Waals surface area contributed by atoms with Gasteiger partial charge in [0.15, 0.2) is 0 Å². The third-order valence-corrected chi connectivity index (χ3v) is 4.68. The van der Waals surface area contributed by atoms with Crippen molar-refractivity contribution in [3.63, 3.8) is 0 Å². The summed E-state index contributed by atoms with van der Waals surface area (Å²) in [5.74, 6) is 0. The second-order valence-corrected chi connectivity index (χ2v) is 6.51. The smallest absolute Gasteiger partial charge is 0.262 e. The molecule has 3 rings (SSSR count). The molecule has 0 amide bonds. The first kappa shape index (κ1) is 20.4. The lowest BCUT2D eigenvalue weighted by Gasteiger charge is -2.12. The van der Waals surface area contributed by atoms with Crippen LogP contribution in [0, 0.1) is 17.9 Å². The molecule has 0 fully saturated rings. The number of aromatic nitrogens is 1. The van der Waals surface area contributed by atoms with Crippen LogP contribution in [0.2, 0.25) is 0 Å². The summed E-state index contributed by atoms with van der Waals surface area (Å²) in [6.07, 6.45) is 2.54. The van der Waals surface area contributed by atoms with E-state index in [9.17, 15) is 5.26 Å². The summed E-state index contributed by atoms with van der Waals surface area (Å²) in [5, 5.41) is 10.3. The zero-order valence-electron chi connectivity index (χ0n) is 16.5. The maximum absolute atomic E-state index is 9.31. The molecule has 0 N–H and O–H groups in total. The number of fused-ring (bicyclic) bond motifs is 1. The number of benzene rings is 2. The van der Waals surface area contributed by atoms with Crippen LogP contribution in [0.1, 0.15) is 12.0 Å². The van der Waals surface area contributed by atoms with Gasteiger partial charge in [-0.25, -0.2) is 10.1 Å². The van der Waals surface area contributed by atoms with Crippen molar-refractivity contribution < 1.29 is 9.47 Å². The number of hydrogen-bond acceptors (Lipinski definition) is 3. The van der Waals surface area contributed by atoms with Crippen molar-refractivity contribution in [3.05, 3.63) is 77.3 Å². The zero-order chi connectivity index (χ0) is 20.5. The van der Waals surface area contributed by atoms with Gasteiger partial charge < -0.3 is 14.0 Å². The van der Waals surface area contributed by atoms with Crippen molar-refractivity contribution in [2.24, 2.45) is 0 Å². The van der Waals surface area contributed by atoms with E-state index in [0.29, 0.717) is 19.8 Å². The number of allylic oxidation sites excluding steroid dienone is 1. The molecular weight excluding hydrogens is 362 g/mol. The van der Waals surface area contributed by atoms with Gasteiger partial charge in [-0.2, -0.15) is 0 Å². The molecule has 3 aromatic rings. The molecule has 2 aromatic carbocycles. The Morgan fingerprint density at radius 3 is 2.59 bits per heavy atom. The van der Waals surface area contributed by atoms with E-state index in [2.05, 4.69) is 27.6 Å². The predicted octanol–water partition coefficient (Wildman–Crippen LogP) is 5.15. The summed E-state index contributed by atoms with van der Waals surface area (Å²) in [6, 6.07) is 20.2. The fourth-order valence-corrected chi connectivity index (χ4v) is 3.41. The Hall–Kier alpha value is -3.38. The fraction of sp³-hybridized carbons (Fsp3) is 0.250. The van der Waals surface area contributed by atoms with Crippen LogP contribution in [0.15, 0.2) is 60.3 Å². The Kier molecular flexibility index (Phi) is 7.19. The van der Waals surface area contributed by atoms with Gasteiger partial charge in [0.2, 0.25) is 0 Å². The number of methoxy groups -OCH3 is 1.